The highest BCUT2D eigenvalue weighted by molar-refractivity contribution is 6.05. The van der Waals surface area contributed by atoms with Crippen molar-refractivity contribution in [2.45, 2.75) is 13.3 Å². The van der Waals surface area contributed by atoms with Crippen LogP contribution in [0.15, 0.2) is 42.5 Å². The maximum atomic E-state index is 12.3. The van der Waals surface area contributed by atoms with Gasteiger partial charge in [0.1, 0.15) is 5.75 Å². The molecule has 3 N–H and O–H groups in total. The van der Waals surface area contributed by atoms with Gasteiger partial charge in [-0.3, -0.25) is 9.59 Å². The van der Waals surface area contributed by atoms with Gasteiger partial charge < -0.3 is 20.3 Å². The van der Waals surface area contributed by atoms with Crippen LogP contribution >= 0.6 is 0 Å². The Morgan fingerprint density at radius 3 is 1.88 bits per heavy atom. The number of ether oxygens (including phenoxy) is 1. The van der Waals surface area contributed by atoms with Crippen LogP contribution in [0.2, 0.25) is 0 Å². The van der Waals surface area contributed by atoms with Crippen LogP contribution < -0.4 is 10.1 Å². The van der Waals surface area contributed by atoms with Gasteiger partial charge in [-0.2, -0.15) is 0 Å². The number of carbonyl (C=O) groups is 4. The van der Waals surface area contributed by atoms with Gasteiger partial charge in [-0.15, -0.1) is 0 Å². The van der Waals surface area contributed by atoms with E-state index in [-0.39, 0.29) is 34.5 Å². The fourth-order valence-electron chi connectivity index (χ4n) is 2.03. The van der Waals surface area contributed by atoms with E-state index in [2.05, 4.69) is 5.32 Å². The van der Waals surface area contributed by atoms with Gasteiger partial charge in [-0.25, -0.2) is 9.59 Å². The number of benzene rings is 2. The van der Waals surface area contributed by atoms with E-state index in [1.807, 2.05) is 0 Å². The Balaban J connectivity index is 2.20. The molecule has 0 fully saturated rings. The van der Waals surface area contributed by atoms with E-state index in [1.165, 1.54) is 24.3 Å². The second kappa shape index (κ2) is 7.93. The number of amides is 1. The number of anilines is 1. The van der Waals surface area contributed by atoms with Crippen molar-refractivity contribution in [2.75, 3.05) is 5.32 Å². The van der Waals surface area contributed by atoms with Gasteiger partial charge in [0.15, 0.2) is 0 Å². The van der Waals surface area contributed by atoms with Crippen LogP contribution in [0, 0.1) is 0 Å². The fraction of sp³-hybridized carbons (Fsp3) is 0.111. The number of carbonyl (C=O) groups excluding carboxylic acids is 2. The first-order chi connectivity index (χ1) is 12.3. The first-order valence-electron chi connectivity index (χ1n) is 7.54. The highest BCUT2D eigenvalue weighted by Gasteiger charge is 2.14. The summed E-state index contributed by atoms with van der Waals surface area (Å²) in [5.41, 5.74) is -0.267. The lowest BCUT2D eigenvalue weighted by Gasteiger charge is -2.08. The number of hydrogen-bond acceptors (Lipinski definition) is 5. The van der Waals surface area contributed by atoms with Crippen molar-refractivity contribution in [3.63, 3.8) is 0 Å². The van der Waals surface area contributed by atoms with E-state index in [9.17, 15) is 19.2 Å². The van der Waals surface area contributed by atoms with Crippen molar-refractivity contribution < 1.29 is 34.1 Å². The summed E-state index contributed by atoms with van der Waals surface area (Å²) in [6.45, 7) is 1.65. The number of carboxylic acids is 2. The zero-order valence-corrected chi connectivity index (χ0v) is 13.7. The minimum atomic E-state index is -1.31. The summed E-state index contributed by atoms with van der Waals surface area (Å²) in [4.78, 5) is 45.6. The van der Waals surface area contributed by atoms with Gasteiger partial charge in [-0.1, -0.05) is 6.92 Å². The molecule has 0 aromatic heterocycles. The first-order valence-corrected chi connectivity index (χ1v) is 7.54. The summed E-state index contributed by atoms with van der Waals surface area (Å²) >= 11 is 0. The molecule has 134 valence electrons. The van der Waals surface area contributed by atoms with Crippen LogP contribution in [0.4, 0.5) is 5.69 Å². The van der Waals surface area contributed by atoms with E-state index < -0.39 is 23.8 Å². The molecule has 26 heavy (non-hydrogen) atoms. The smallest absolute Gasteiger partial charge is 0.335 e. The van der Waals surface area contributed by atoms with Crippen LogP contribution in [0.1, 0.15) is 44.4 Å². The Bertz CT molecular complexity index is 839. The van der Waals surface area contributed by atoms with Crippen LogP contribution in [-0.2, 0) is 4.79 Å². The quantitative estimate of drug-likeness (QED) is 0.535. The molecule has 0 bridgehead atoms. The number of hydrogen-bond donors (Lipinski definition) is 3. The highest BCUT2D eigenvalue weighted by Crippen LogP contribution is 2.18. The minimum absolute atomic E-state index is 0.0359. The van der Waals surface area contributed by atoms with Gasteiger partial charge >= 0.3 is 17.9 Å². The third-order valence-electron chi connectivity index (χ3n) is 3.32. The highest BCUT2D eigenvalue weighted by atomic mass is 16.5. The van der Waals surface area contributed by atoms with E-state index in [4.69, 9.17) is 14.9 Å². The average molecular weight is 357 g/mol. The topological polar surface area (TPSA) is 130 Å². The van der Waals surface area contributed by atoms with E-state index >= 15 is 0 Å². The maximum absolute atomic E-state index is 12.3. The van der Waals surface area contributed by atoms with Crippen molar-refractivity contribution >= 4 is 29.5 Å². The molecule has 0 saturated heterocycles. The monoisotopic (exact) mass is 357 g/mol. The van der Waals surface area contributed by atoms with Crippen LogP contribution in [0.5, 0.6) is 5.75 Å². The van der Waals surface area contributed by atoms with Crippen LogP contribution in [0.3, 0.4) is 0 Å². The van der Waals surface area contributed by atoms with Gasteiger partial charge in [0.2, 0.25) is 0 Å². The molecule has 0 aliphatic carbocycles. The third kappa shape index (κ3) is 4.67. The van der Waals surface area contributed by atoms with Crippen molar-refractivity contribution in [2.24, 2.45) is 0 Å². The van der Waals surface area contributed by atoms with Gasteiger partial charge in [-0.05, 0) is 42.5 Å². The third-order valence-corrected chi connectivity index (χ3v) is 3.32. The minimum Gasteiger partial charge on any atom is -0.478 e. The molecule has 2 aromatic carbocycles. The predicted molar refractivity (Wildman–Crippen MR) is 90.7 cm³/mol. The number of rotatable bonds is 6. The molecule has 0 aliphatic rings. The standard InChI is InChI=1S/C18H15NO7/c1-2-15(20)26-14-5-3-10(4-6-14)16(21)19-13-8-11(17(22)23)7-12(9-13)18(24)25/h3-9H,2H2,1H3,(H,19,21)(H,22,23)(H,24,25). The summed E-state index contributed by atoms with van der Waals surface area (Å²) in [6, 6.07) is 9.04. The molecule has 8 nitrogen and oxygen atoms in total. The summed E-state index contributed by atoms with van der Waals surface area (Å²) in [6.07, 6.45) is 0.216. The molecule has 2 aromatic rings. The number of aromatic carboxylic acids is 2. The molecule has 0 spiro atoms. The van der Waals surface area contributed by atoms with E-state index in [0.717, 1.165) is 18.2 Å². The van der Waals surface area contributed by atoms with E-state index in [1.54, 1.807) is 6.92 Å². The Kier molecular flexibility index (Phi) is 5.69. The average Bonchev–Trinajstić information content (AvgIpc) is 2.61. The second-order valence-electron chi connectivity index (χ2n) is 5.22. The largest absolute Gasteiger partial charge is 0.478 e. The molecule has 0 aliphatic heterocycles. The molecule has 0 saturated carbocycles. The summed E-state index contributed by atoms with van der Waals surface area (Å²) in [7, 11) is 0. The van der Waals surface area contributed by atoms with E-state index in [0.29, 0.717) is 0 Å². The number of carboxylic acid groups (broad SMARTS) is 2. The summed E-state index contributed by atoms with van der Waals surface area (Å²) < 4.78 is 5.00. The zero-order chi connectivity index (χ0) is 19.3. The van der Waals surface area contributed by atoms with Gasteiger partial charge in [0.05, 0.1) is 11.1 Å². The lowest BCUT2D eigenvalue weighted by molar-refractivity contribution is -0.134. The summed E-state index contributed by atoms with van der Waals surface area (Å²) in [5.74, 6) is -3.32. The predicted octanol–water partition coefficient (Wildman–Crippen LogP) is 2.65. The SMILES string of the molecule is CCC(=O)Oc1ccc(C(=O)Nc2cc(C(=O)O)cc(C(=O)O)c2)cc1. The summed E-state index contributed by atoms with van der Waals surface area (Å²) in [5, 5.41) is 20.5. The second-order valence-corrected chi connectivity index (χ2v) is 5.22. The number of nitrogens with one attached hydrogen (secondary N) is 1. The first kappa shape index (κ1) is 18.7. The Morgan fingerprint density at radius 1 is 0.885 bits per heavy atom. The normalized spacial score (nSPS) is 10.0. The van der Waals surface area contributed by atoms with Crippen LogP contribution in [-0.4, -0.2) is 34.0 Å². The van der Waals surface area contributed by atoms with Crippen molar-refractivity contribution in [1.29, 1.82) is 0 Å². The molecule has 8 heteroatoms. The molecule has 0 unspecified atom stereocenters. The van der Waals surface area contributed by atoms with Crippen molar-refractivity contribution in [3.05, 3.63) is 59.2 Å². The fourth-order valence-corrected chi connectivity index (χ4v) is 2.03. The molecule has 0 radical (unpaired) electrons. The van der Waals surface area contributed by atoms with Crippen LogP contribution in [0.25, 0.3) is 0 Å². The lowest BCUT2D eigenvalue weighted by Crippen LogP contribution is -2.13. The molecule has 0 atom stereocenters. The molecular formula is C18H15NO7. The zero-order valence-electron chi connectivity index (χ0n) is 13.7. The number of esters is 1. The molecular weight excluding hydrogens is 342 g/mol. The Hall–Kier alpha value is -3.68. The molecule has 1 amide bonds. The Labute approximate surface area is 148 Å². The van der Waals surface area contributed by atoms with Crippen molar-refractivity contribution in [1.82, 2.24) is 0 Å². The van der Waals surface area contributed by atoms with Gasteiger partial charge in [0, 0.05) is 17.7 Å². The Morgan fingerprint density at radius 2 is 1.42 bits per heavy atom. The molecule has 0 heterocycles. The maximum Gasteiger partial charge on any atom is 0.335 e. The lowest BCUT2D eigenvalue weighted by atomic mass is 10.1. The van der Waals surface area contributed by atoms with Gasteiger partial charge in [0.25, 0.3) is 5.91 Å². The molecule has 2 rings (SSSR count). The van der Waals surface area contributed by atoms with Crippen molar-refractivity contribution in [3.8, 4) is 5.75 Å².